The predicted octanol–water partition coefficient (Wildman–Crippen LogP) is 2.53. The number of carboxylic acids is 1. The zero-order valence-electron chi connectivity index (χ0n) is 12.1. The number of hydrogen-bond acceptors (Lipinski definition) is 2. The van der Waals surface area contributed by atoms with Crippen LogP contribution in [-0.4, -0.2) is 23.0 Å². The highest BCUT2D eigenvalue weighted by Gasteiger charge is 2.33. The van der Waals surface area contributed by atoms with Gasteiger partial charge >= 0.3 is 5.97 Å². The third-order valence-electron chi connectivity index (χ3n) is 3.10. The third kappa shape index (κ3) is 3.56. The first kappa shape index (κ1) is 15.2. The van der Waals surface area contributed by atoms with Gasteiger partial charge in [-0.1, -0.05) is 39.0 Å². The van der Waals surface area contributed by atoms with Crippen LogP contribution >= 0.6 is 0 Å². The second-order valence-corrected chi connectivity index (χ2v) is 5.88. The number of hydrogen-bond donors (Lipinski definition) is 2. The summed E-state index contributed by atoms with van der Waals surface area (Å²) in [6.07, 6.45) is 0. The average molecular weight is 263 g/mol. The molecule has 1 aromatic carbocycles. The van der Waals surface area contributed by atoms with Gasteiger partial charge in [-0.3, -0.25) is 4.79 Å². The molecule has 0 aromatic heterocycles. The van der Waals surface area contributed by atoms with E-state index in [0.29, 0.717) is 5.56 Å². The van der Waals surface area contributed by atoms with E-state index in [1.807, 2.05) is 32.0 Å². The van der Waals surface area contributed by atoms with Crippen molar-refractivity contribution < 1.29 is 14.7 Å². The number of carbonyl (C=O) groups is 2. The zero-order chi connectivity index (χ0) is 14.8. The standard InChI is InChI=1S/C15H21NO3/c1-9-7-6-8-10(2)11(9)13(17)16-12(14(18)19)15(3,4)5/h6-8,12H,1-5H3,(H,16,17)(H,18,19). The van der Waals surface area contributed by atoms with Crippen molar-refractivity contribution >= 4 is 11.9 Å². The number of carbonyl (C=O) groups excluding carboxylic acids is 1. The highest BCUT2D eigenvalue weighted by Crippen LogP contribution is 2.21. The first-order valence-corrected chi connectivity index (χ1v) is 6.24. The van der Waals surface area contributed by atoms with Crippen molar-refractivity contribution in [3.63, 3.8) is 0 Å². The summed E-state index contributed by atoms with van der Waals surface area (Å²) in [7, 11) is 0. The molecule has 1 aromatic rings. The van der Waals surface area contributed by atoms with Gasteiger partial charge in [0, 0.05) is 5.56 Å². The molecule has 0 aliphatic carbocycles. The van der Waals surface area contributed by atoms with E-state index in [9.17, 15) is 14.7 Å². The summed E-state index contributed by atoms with van der Waals surface area (Å²) >= 11 is 0. The summed E-state index contributed by atoms with van der Waals surface area (Å²) in [5.41, 5.74) is 1.70. The smallest absolute Gasteiger partial charge is 0.326 e. The van der Waals surface area contributed by atoms with Crippen molar-refractivity contribution in [2.45, 2.75) is 40.7 Å². The Morgan fingerprint density at radius 1 is 1.16 bits per heavy atom. The number of nitrogens with one attached hydrogen (secondary N) is 1. The second kappa shape index (κ2) is 5.43. The topological polar surface area (TPSA) is 66.4 Å². The average Bonchev–Trinajstić information content (AvgIpc) is 2.23. The number of amides is 1. The molecule has 0 spiro atoms. The van der Waals surface area contributed by atoms with Gasteiger partial charge in [0.05, 0.1) is 0 Å². The van der Waals surface area contributed by atoms with Crippen LogP contribution in [0, 0.1) is 19.3 Å². The molecule has 2 N–H and O–H groups in total. The van der Waals surface area contributed by atoms with Crippen LogP contribution in [0.3, 0.4) is 0 Å². The van der Waals surface area contributed by atoms with E-state index in [4.69, 9.17) is 0 Å². The lowest BCUT2D eigenvalue weighted by Crippen LogP contribution is -2.49. The van der Waals surface area contributed by atoms with Crippen molar-refractivity contribution in [2.75, 3.05) is 0 Å². The van der Waals surface area contributed by atoms with Gasteiger partial charge in [0.15, 0.2) is 0 Å². The normalized spacial score (nSPS) is 12.9. The van der Waals surface area contributed by atoms with E-state index in [1.54, 1.807) is 20.8 Å². The van der Waals surface area contributed by atoms with Crippen LogP contribution in [0.25, 0.3) is 0 Å². The van der Waals surface area contributed by atoms with Crippen molar-refractivity contribution in [2.24, 2.45) is 5.41 Å². The highest BCUT2D eigenvalue weighted by molar-refractivity contribution is 5.99. The van der Waals surface area contributed by atoms with E-state index < -0.39 is 17.4 Å². The summed E-state index contributed by atoms with van der Waals surface area (Å²) in [5, 5.41) is 11.8. The Morgan fingerprint density at radius 2 is 1.63 bits per heavy atom. The maximum Gasteiger partial charge on any atom is 0.326 e. The van der Waals surface area contributed by atoms with Crippen molar-refractivity contribution in [1.82, 2.24) is 5.32 Å². The quantitative estimate of drug-likeness (QED) is 0.880. The Morgan fingerprint density at radius 3 is 2.00 bits per heavy atom. The van der Waals surface area contributed by atoms with E-state index in [-0.39, 0.29) is 5.91 Å². The fourth-order valence-corrected chi connectivity index (χ4v) is 2.02. The predicted molar refractivity (Wildman–Crippen MR) is 74.3 cm³/mol. The summed E-state index contributed by atoms with van der Waals surface area (Å²) in [6, 6.07) is 4.64. The molecule has 1 rings (SSSR count). The molecule has 0 fully saturated rings. The molecule has 1 atom stereocenters. The van der Waals surface area contributed by atoms with Crippen LogP contribution in [0.2, 0.25) is 0 Å². The Hall–Kier alpha value is -1.84. The Labute approximate surface area is 113 Å². The molecule has 19 heavy (non-hydrogen) atoms. The Kier molecular flexibility index (Phi) is 4.35. The first-order chi connectivity index (χ1) is 8.64. The number of benzene rings is 1. The number of rotatable bonds is 3. The molecule has 0 radical (unpaired) electrons. The molecule has 104 valence electrons. The van der Waals surface area contributed by atoms with Gasteiger partial charge in [-0.25, -0.2) is 4.79 Å². The number of aliphatic carboxylic acids is 1. The monoisotopic (exact) mass is 263 g/mol. The third-order valence-corrected chi connectivity index (χ3v) is 3.10. The van der Waals surface area contributed by atoms with Crippen LogP contribution in [-0.2, 0) is 4.79 Å². The lowest BCUT2D eigenvalue weighted by Gasteiger charge is -2.28. The van der Waals surface area contributed by atoms with Gasteiger partial charge in [-0.2, -0.15) is 0 Å². The van der Waals surface area contributed by atoms with Gasteiger partial charge in [0.2, 0.25) is 0 Å². The number of aryl methyl sites for hydroxylation is 2. The first-order valence-electron chi connectivity index (χ1n) is 6.24. The lowest BCUT2D eigenvalue weighted by atomic mass is 9.86. The maximum atomic E-state index is 12.3. The largest absolute Gasteiger partial charge is 0.480 e. The van der Waals surface area contributed by atoms with Crippen LogP contribution in [0.5, 0.6) is 0 Å². The van der Waals surface area contributed by atoms with E-state index in [1.165, 1.54) is 0 Å². The van der Waals surface area contributed by atoms with Gasteiger partial charge in [-0.15, -0.1) is 0 Å². The molecule has 1 unspecified atom stereocenters. The molecule has 4 nitrogen and oxygen atoms in total. The van der Waals surface area contributed by atoms with Gasteiger partial charge < -0.3 is 10.4 Å². The van der Waals surface area contributed by atoms with Crippen LogP contribution in [0.4, 0.5) is 0 Å². The molecule has 0 aliphatic rings. The lowest BCUT2D eigenvalue weighted by molar-refractivity contribution is -0.142. The molecule has 0 saturated carbocycles. The molecule has 0 heterocycles. The molecule has 0 bridgehead atoms. The summed E-state index contributed by atoms with van der Waals surface area (Å²) in [4.78, 5) is 23.5. The zero-order valence-corrected chi connectivity index (χ0v) is 12.1. The van der Waals surface area contributed by atoms with Crippen molar-refractivity contribution in [3.8, 4) is 0 Å². The minimum atomic E-state index is -1.02. The summed E-state index contributed by atoms with van der Waals surface area (Å²) in [5.74, 6) is -1.36. The minimum Gasteiger partial charge on any atom is -0.480 e. The Bertz CT molecular complexity index is 480. The molecule has 0 saturated heterocycles. The maximum absolute atomic E-state index is 12.3. The van der Waals surface area contributed by atoms with Gasteiger partial charge in [0.25, 0.3) is 5.91 Å². The van der Waals surface area contributed by atoms with E-state index >= 15 is 0 Å². The summed E-state index contributed by atoms with van der Waals surface area (Å²) < 4.78 is 0. The van der Waals surface area contributed by atoms with Gasteiger partial charge in [0.1, 0.15) is 6.04 Å². The highest BCUT2D eigenvalue weighted by atomic mass is 16.4. The van der Waals surface area contributed by atoms with E-state index in [0.717, 1.165) is 11.1 Å². The van der Waals surface area contributed by atoms with Crippen molar-refractivity contribution in [3.05, 3.63) is 34.9 Å². The molecular weight excluding hydrogens is 242 g/mol. The molecule has 0 aliphatic heterocycles. The van der Waals surface area contributed by atoms with Crippen molar-refractivity contribution in [1.29, 1.82) is 0 Å². The Balaban J connectivity index is 3.05. The second-order valence-electron chi connectivity index (χ2n) is 5.88. The van der Waals surface area contributed by atoms with Crippen LogP contribution in [0.1, 0.15) is 42.3 Å². The van der Waals surface area contributed by atoms with Crippen LogP contribution in [0.15, 0.2) is 18.2 Å². The van der Waals surface area contributed by atoms with Crippen LogP contribution < -0.4 is 5.32 Å². The molecule has 4 heteroatoms. The fraction of sp³-hybridized carbons (Fsp3) is 0.467. The summed E-state index contributed by atoms with van der Waals surface area (Å²) in [6.45, 7) is 9.05. The molecule has 1 amide bonds. The SMILES string of the molecule is Cc1cccc(C)c1C(=O)NC(C(=O)O)C(C)(C)C. The van der Waals surface area contributed by atoms with Gasteiger partial charge in [-0.05, 0) is 30.4 Å². The van der Waals surface area contributed by atoms with E-state index in [2.05, 4.69) is 5.32 Å². The minimum absolute atomic E-state index is 0.335. The molecular formula is C15H21NO3. The number of carboxylic acid groups (broad SMARTS) is 1. The fourth-order valence-electron chi connectivity index (χ4n) is 2.02.